The highest BCUT2D eigenvalue weighted by molar-refractivity contribution is 6.01. The number of anilines is 1. The molecule has 0 aliphatic rings. The lowest BCUT2D eigenvalue weighted by atomic mass is 10.0. The number of amides is 1. The van der Waals surface area contributed by atoms with E-state index >= 15 is 0 Å². The van der Waals surface area contributed by atoms with Crippen LogP contribution in [0.15, 0.2) is 46.0 Å². The van der Waals surface area contributed by atoms with Crippen LogP contribution >= 0.6 is 0 Å². The third kappa shape index (κ3) is 3.90. The van der Waals surface area contributed by atoms with Gasteiger partial charge in [0.15, 0.2) is 0 Å². The van der Waals surface area contributed by atoms with Crippen LogP contribution in [-0.4, -0.2) is 15.0 Å². The number of hydrogen-bond acceptors (Lipinski definition) is 3. The van der Waals surface area contributed by atoms with Crippen molar-refractivity contribution < 1.29 is 4.79 Å². The Labute approximate surface area is 140 Å². The van der Waals surface area contributed by atoms with Crippen LogP contribution < -0.4 is 16.6 Å². The van der Waals surface area contributed by atoms with E-state index in [1.165, 1.54) is 36.4 Å². The highest BCUT2D eigenvalue weighted by Crippen LogP contribution is 2.15. The van der Waals surface area contributed by atoms with Crippen molar-refractivity contribution in [1.82, 2.24) is 9.13 Å². The monoisotopic (exact) mass is 327 g/mol. The molecule has 126 valence electrons. The number of aromatic nitrogens is 2. The van der Waals surface area contributed by atoms with Crippen molar-refractivity contribution in [1.29, 1.82) is 0 Å². The summed E-state index contributed by atoms with van der Waals surface area (Å²) in [5.74, 6) is 0.201. The second kappa shape index (κ2) is 7.12. The van der Waals surface area contributed by atoms with Crippen LogP contribution in [0.5, 0.6) is 0 Å². The number of nitrogens with one attached hydrogen (secondary N) is 1. The second-order valence-electron chi connectivity index (χ2n) is 5.91. The first-order valence-electron chi connectivity index (χ1n) is 7.65. The summed E-state index contributed by atoms with van der Waals surface area (Å²) in [5, 5.41) is 2.54. The molecule has 6 heteroatoms. The minimum atomic E-state index is -0.494. The van der Waals surface area contributed by atoms with Crippen LogP contribution in [0.4, 0.5) is 5.82 Å². The Morgan fingerprint density at radius 1 is 1.08 bits per heavy atom. The molecule has 0 saturated carbocycles. The van der Waals surface area contributed by atoms with Gasteiger partial charge >= 0.3 is 5.69 Å². The summed E-state index contributed by atoms with van der Waals surface area (Å²) in [6, 6.07) is 9.13. The zero-order valence-electron chi connectivity index (χ0n) is 14.2. The van der Waals surface area contributed by atoms with Gasteiger partial charge in [0, 0.05) is 26.2 Å². The molecule has 0 saturated heterocycles. The van der Waals surface area contributed by atoms with E-state index in [-0.39, 0.29) is 5.82 Å². The molecule has 0 radical (unpaired) electrons. The molecule has 0 aliphatic heterocycles. The van der Waals surface area contributed by atoms with Crippen molar-refractivity contribution in [3.05, 3.63) is 68.4 Å². The van der Waals surface area contributed by atoms with Gasteiger partial charge in [-0.3, -0.25) is 18.7 Å². The van der Waals surface area contributed by atoms with E-state index in [2.05, 4.69) is 19.2 Å². The molecule has 1 aromatic carbocycles. The molecule has 0 unspecified atom stereocenters. The van der Waals surface area contributed by atoms with Crippen molar-refractivity contribution in [2.24, 2.45) is 14.1 Å². The molecule has 24 heavy (non-hydrogen) atoms. The van der Waals surface area contributed by atoms with Crippen LogP contribution in [0.1, 0.15) is 30.9 Å². The van der Waals surface area contributed by atoms with Crippen LogP contribution in [0.25, 0.3) is 6.08 Å². The lowest BCUT2D eigenvalue weighted by molar-refractivity contribution is -0.111. The highest BCUT2D eigenvalue weighted by atomic mass is 16.2. The molecule has 1 heterocycles. The fourth-order valence-corrected chi connectivity index (χ4v) is 2.18. The lowest BCUT2D eigenvalue weighted by Gasteiger charge is -2.09. The van der Waals surface area contributed by atoms with Gasteiger partial charge in [0.25, 0.3) is 5.56 Å². The molecule has 1 aromatic heterocycles. The maximum absolute atomic E-state index is 12.0. The zero-order chi connectivity index (χ0) is 17.9. The third-order valence-corrected chi connectivity index (χ3v) is 3.81. The Balaban J connectivity index is 2.14. The first-order valence-corrected chi connectivity index (χ1v) is 7.65. The van der Waals surface area contributed by atoms with Gasteiger partial charge in [-0.2, -0.15) is 0 Å². The van der Waals surface area contributed by atoms with E-state index in [0.29, 0.717) is 5.92 Å². The standard InChI is InChI=1S/C18H21N3O3/c1-12(2)14-8-5-13(6-9-14)7-10-16(22)19-15-11-17(23)21(4)18(24)20(15)3/h5-12H,1-4H3,(H,19,22). The Kier molecular flexibility index (Phi) is 5.18. The number of benzene rings is 1. The van der Waals surface area contributed by atoms with E-state index in [1.807, 2.05) is 24.3 Å². The van der Waals surface area contributed by atoms with E-state index in [1.54, 1.807) is 6.08 Å². The van der Waals surface area contributed by atoms with Crippen molar-refractivity contribution in [2.75, 3.05) is 5.32 Å². The first-order chi connectivity index (χ1) is 11.3. The van der Waals surface area contributed by atoms with Gasteiger partial charge in [-0.25, -0.2) is 4.79 Å². The van der Waals surface area contributed by atoms with Crippen molar-refractivity contribution in [3.8, 4) is 0 Å². The molecule has 1 amide bonds. The number of carbonyl (C=O) groups is 1. The summed E-state index contributed by atoms with van der Waals surface area (Å²) in [5.41, 5.74) is 1.16. The maximum Gasteiger partial charge on any atom is 0.332 e. The number of carbonyl (C=O) groups excluding carboxylic acids is 1. The van der Waals surface area contributed by atoms with Crippen LogP contribution in [0.2, 0.25) is 0 Å². The fourth-order valence-electron chi connectivity index (χ4n) is 2.18. The number of nitrogens with zero attached hydrogens (tertiary/aromatic N) is 2. The highest BCUT2D eigenvalue weighted by Gasteiger charge is 2.07. The summed E-state index contributed by atoms with van der Waals surface area (Å²) in [6.45, 7) is 4.24. The molecule has 0 fully saturated rings. The van der Waals surface area contributed by atoms with Gasteiger partial charge in [-0.05, 0) is 23.1 Å². The molecule has 0 aliphatic carbocycles. The van der Waals surface area contributed by atoms with Gasteiger partial charge in [0.05, 0.1) is 0 Å². The zero-order valence-corrected chi connectivity index (χ0v) is 14.2. The smallest absolute Gasteiger partial charge is 0.308 e. The Bertz CT molecular complexity index is 887. The average molecular weight is 327 g/mol. The van der Waals surface area contributed by atoms with Crippen LogP contribution in [0.3, 0.4) is 0 Å². The average Bonchev–Trinajstić information content (AvgIpc) is 2.56. The SMILES string of the molecule is CC(C)c1ccc(C=CC(=O)Nc2cc(=O)n(C)c(=O)n2C)cc1. The maximum atomic E-state index is 12.0. The minimum Gasteiger partial charge on any atom is -0.308 e. The number of rotatable bonds is 4. The quantitative estimate of drug-likeness (QED) is 0.871. The summed E-state index contributed by atoms with van der Waals surface area (Å²) < 4.78 is 2.19. The summed E-state index contributed by atoms with van der Waals surface area (Å²) in [7, 11) is 2.88. The van der Waals surface area contributed by atoms with Gasteiger partial charge in [-0.1, -0.05) is 38.1 Å². The molecule has 0 atom stereocenters. The molecule has 2 rings (SSSR count). The largest absolute Gasteiger partial charge is 0.332 e. The van der Waals surface area contributed by atoms with Crippen molar-refractivity contribution in [2.45, 2.75) is 19.8 Å². The normalized spacial score (nSPS) is 11.2. The van der Waals surface area contributed by atoms with Gasteiger partial charge < -0.3 is 5.32 Å². The Hall–Kier alpha value is -2.89. The van der Waals surface area contributed by atoms with Crippen molar-refractivity contribution >= 4 is 17.8 Å². The molecule has 0 bridgehead atoms. The third-order valence-electron chi connectivity index (χ3n) is 3.81. The Morgan fingerprint density at radius 2 is 1.71 bits per heavy atom. The van der Waals surface area contributed by atoms with E-state index < -0.39 is 17.2 Å². The molecular weight excluding hydrogens is 306 g/mol. The second-order valence-corrected chi connectivity index (χ2v) is 5.91. The molecule has 6 nitrogen and oxygen atoms in total. The summed E-state index contributed by atoms with van der Waals surface area (Å²) >= 11 is 0. The van der Waals surface area contributed by atoms with Gasteiger partial charge in [0.1, 0.15) is 5.82 Å². The topological polar surface area (TPSA) is 73.1 Å². The van der Waals surface area contributed by atoms with Crippen molar-refractivity contribution in [3.63, 3.8) is 0 Å². The predicted molar refractivity (Wildman–Crippen MR) is 95.1 cm³/mol. The number of hydrogen-bond donors (Lipinski definition) is 1. The first kappa shape index (κ1) is 17.5. The van der Waals surface area contributed by atoms with Gasteiger partial charge in [0.2, 0.25) is 5.91 Å². The minimum absolute atomic E-state index is 0.160. The van der Waals surface area contributed by atoms with Crippen LogP contribution in [-0.2, 0) is 18.9 Å². The fraction of sp³-hybridized carbons (Fsp3) is 0.278. The molecule has 2 aromatic rings. The molecular formula is C18H21N3O3. The molecule has 0 spiro atoms. The van der Waals surface area contributed by atoms with E-state index in [4.69, 9.17) is 0 Å². The predicted octanol–water partition coefficient (Wildman–Crippen LogP) is 1.86. The van der Waals surface area contributed by atoms with E-state index in [0.717, 1.165) is 10.1 Å². The van der Waals surface area contributed by atoms with E-state index in [9.17, 15) is 14.4 Å². The van der Waals surface area contributed by atoms with Crippen LogP contribution in [0, 0.1) is 0 Å². The summed E-state index contributed by atoms with van der Waals surface area (Å²) in [4.78, 5) is 35.5. The van der Waals surface area contributed by atoms with Gasteiger partial charge in [-0.15, -0.1) is 0 Å². The lowest BCUT2D eigenvalue weighted by Crippen LogP contribution is -2.37. The summed E-state index contributed by atoms with van der Waals surface area (Å²) in [6.07, 6.45) is 3.05. The Morgan fingerprint density at radius 3 is 2.29 bits per heavy atom. The molecule has 1 N–H and O–H groups in total.